The summed E-state index contributed by atoms with van der Waals surface area (Å²) < 4.78 is 5.27. The smallest absolute Gasteiger partial charge is 0.0584 e. The van der Waals surface area contributed by atoms with Gasteiger partial charge < -0.3 is 14.7 Å². The zero-order valence-electron chi connectivity index (χ0n) is 12.4. The summed E-state index contributed by atoms with van der Waals surface area (Å²) in [5.41, 5.74) is 3.82. The fourth-order valence-corrected chi connectivity index (χ4v) is 2.61. The second kappa shape index (κ2) is 5.51. The average molecular weight is 263 g/mol. The van der Waals surface area contributed by atoms with Crippen LogP contribution in [0.25, 0.3) is 0 Å². The lowest BCUT2D eigenvalue weighted by atomic mass is 9.86. The summed E-state index contributed by atoms with van der Waals surface area (Å²) in [4.78, 5) is 2.25. The van der Waals surface area contributed by atoms with Crippen molar-refractivity contribution in [2.75, 3.05) is 38.3 Å². The zero-order chi connectivity index (χ0) is 14.0. The van der Waals surface area contributed by atoms with E-state index in [1.165, 1.54) is 16.8 Å². The molecule has 2 rings (SSSR count). The molecular formula is C16H25NO2. The molecule has 0 bridgehead atoms. The molecule has 0 unspecified atom stereocenters. The van der Waals surface area contributed by atoms with Gasteiger partial charge in [0.25, 0.3) is 0 Å². The molecule has 106 valence electrons. The van der Waals surface area contributed by atoms with Gasteiger partial charge in [-0.25, -0.2) is 0 Å². The maximum Gasteiger partial charge on any atom is 0.0584 e. The summed E-state index contributed by atoms with van der Waals surface area (Å²) >= 11 is 0. The van der Waals surface area contributed by atoms with E-state index in [2.05, 4.69) is 50.9 Å². The van der Waals surface area contributed by atoms with E-state index < -0.39 is 0 Å². The topological polar surface area (TPSA) is 32.7 Å². The molecule has 1 aromatic rings. The third kappa shape index (κ3) is 2.93. The summed E-state index contributed by atoms with van der Waals surface area (Å²) in [7, 11) is 2.10. The largest absolute Gasteiger partial charge is 0.396 e. The number of rotatable bonds is 5. The van der Waals surface area contributed by atoms with Gasteiger partial charge in [0.2, 0.25) is 0 Å². The van der Waals surface area contributed by atoms with Gasteiger partial charge in [-0.05, 0) is 30.0 Å². The van der Waals surface area contributed by atoms with E-state index in [9.17, 15) is 5.11 Å². The Morgan fingerprint density at radius 2 is 2.05 bits per heavy atom. The molecular weight excluding hydrogens is 238 g/mol. The van der Waals surface area contributed by atoms with Crippen molar-refractivity contribution in [3.63, 3.8) is 0 Å². The molecule has 0 radical (unpaired) electrons. The van der Waals surface area contributed by atoms with E-state index in [0.29, 0.717) is 19.1 Å². The Balaban J connectivity index is 2.18. The Hall–Kier alpha value is -1.06. The molecule has 0 spiro atoms. The van der Waals surface area contributed by atoms with Crippen molar-refractivity contribution < 1.29 is 9.84 Å². The molecule has 3 nitrogen and oxygen atoms in total. The van der Waals surface area contributed by atoms with Gasteiger partial charge in [-0.2, -0.15) is 0 Å². The summed E-state index contributed by atoms with van der Waals surface area (Å²) in [5.74, 6) is 0.534. The fraction of sp³-hybridized carbons (Fsp3) is 0.625. The van der Waals surface area contributed by atoms with E-state index in [4.69, 9.17) is 4.74 Å². The SMILES string of the molecule is Cc1ccc(C(C)C)cc1N(C)CC1(CO)COC1. The van der Waals surface area contributed by atoms with E-state index >= 15 is 0 Å². The first-order chi connectivity index (χ1) is 8.97. The van der Waals surface area contributed by atoms with Crippen LogP contribution in [0.2, 0.25) is 0 Å². The summed E-state index contributed by atoms with van der Waals surface area (Å²) in [6, 6.07) is 6.65. The van der Waals surface area contributed by atoms with Crippen molar-refractivity contribution in [2.24, 2.45) is 5.41 Å². The number of aliphatic hydroxyl groups is 1. The number of hydrogen-bond acceptors (Lipinski definition) is 3. The molecule has 1 heterocycles. The van der Waals surface area contributed by atoms with Crippen molar-refractivity contribution in [3.8, 4) is 0 Å². The van der Waals surface area contributed by atoms with E-state index in [-0.39, 0.29) is 12.0 Å². The highest BCUT2D eigenvalue weighted by Gasteiger charge is 2.39. The fourth-order valence-electron chi connectivity index (χ4n) is 2.61. The number of benzene rings is 1. The van der Waals surface area contributed by atoms with Gasteiger partial charge in [0.15, 0.2) is 0 Å². The van der Waals surface area contributed by atoms with Crippen molar-refractivity contribution in [3.05, 3.63) is 29.3 Å². The van der Waals surface area contributed by atoms with E-state index in [1.807, 2.05) is 0 Å². The normalized spacial score (nSPS) is 17.4. The molecule has 0 aromatic heterocycles. The van der Waals surface area contributed by atoms with Gasteiger partial charge in [0.05, 0.1) is 25.2 Å². The van der Waals surface area contributed by atoms with Crippen molar-refractivity contribution in [1.29, 1.82) is 0 Å². The first-order valence-corrected chi connectivity index (χ1v) is 6.98. The lowest BCUT2D eigenvalue weighted by Gasteiger charge is -2.43. The van der Waals surface area contributed by atoms with Gasteiger partial charge in [-0.3, -0.25) is 0 Å². The highest BCUT2D eigenvalue weighted by molar-refractivity contribution is 5.55. The molecule has 19 heavy (non-hydrogen) atoms. The highest BCUT2D eigenvalue weighted by atomic mass is 16.5. The number of ether oxygens (including phenoxy) is 1. The minimum atomic E-state index is -0.0744. The quantitative estimate of drug-likeness (QED) is 0.886. The maximum atomic E-state index is 9.54. The Kier molecular flexibility index (Phi) is 4.16. The van der Waals surface area contributed by atoms with Crippen LogP contribution in [-0.4, -0.2) is 38.5 Å². The molecule has 1 aliphatic heterocycles. The standard InChI is InChI=1S/C16H25NO2/c1-12(2)14-6-5-13(3)15(7-14)17(4)8-16(9-18)10-19-11-16/h5-7,12,18H,8-11H2,1-4H3. The number of nitrogens with zero attached hydrogens (tertiary/aromatic N) is 1. The molecule has 0 atom stereocenters. The molecule has 3 heteroatoms. The van der Waals surface area contributed by atoms with Gasteiger partial charge >= 0.3 is 0 Å². The predicted octanol–water partition coefficient (Wildman–Crippen LogP) is 2.56. The molecule has 1 fully saturated rings. The molecule has 1 aliphatic rings. The number of aliphatic hydroxyl groups excluding tert-OH is 1. The molecule has 0 aliphatic carbocycles. The van der Waals surface area contributed by atoms with Gasteiger partial charge in [0.1, 0.15) is 0 Å². The van der Waals surface area contributed by atoms with Crippen LogP contribution in [0.15, 0.2) is 18.2 Å². The molecule has 0 saturated carbocycles. The minimum Gasteiger partial charge on any atom is -0.396 e. The maximum absolute atomic E-state index is 9.54. The first kappa shape index (κ1) is 14.4. The summed E-state index contributed by atoms with van der Waals surface area (Å²) in [6.07, 6.45) is 0. The van der Waals surface area contributed by atoms with Crippen molar-refractivity contribution >= 4 is 5.69 Å². The third-order valence-corrected chi connectivity index (χ3v) is 4.04. The van der Waals surface area contributed by atoms with Gasteiger partial charge in [0, 0.05) is 19.3 Å². The van der Waals surface area contributed by atoms with Crippen LogP contribution in [0.4, 0.5) is 5.69 Å². The average Bonchev–Trinajstić information content (AvgIpc) is 2.33. The zero-order valence-corrected chi connectivity index (χ0v) is 12.4. The molecule has 1 aromatic carbocycles. The number of anilines is 1. The third-order valence-electron chi connectivity index (χ3n) is 4.04. The van der Waals surface area contributed by atoms with Crippen LogP contribution in [0.1, 0.15) is 30.9 Å². The van der Waals surface area contributed by atoms with E-state index in [1.54, 1.807) is 0 Å². The van der Waals surface area contributed by atoms with E-state index in [0.717, 1.165) is 6.54 Å². The van der Waals surface area contributed by atoms with Crippen molar-refractivity contribution in [2.45, 2.75) is 26.7 Å². The predicted molar refractivity (Wildman–Crippen MR) is 78.9 cm³/mol. The number of hydrogen-bond donors (Lipinski definition) is 1. The lowest BCUT2D eigenvalue weighted by Crippen LogP contribution is -2.52. The van der Waals surface area contributed by atoms with Crippen LogP contribution < -0.4 is 4.90 Å². The second-order valence-corrected chi connectivity index (χ2v) is 6.21. The Labute approximate surface area is 116 Å². The van der Waals surface area contributed by atoms with Crippen LogP contribution in [0.3, 0.4) is 0 Å². The Bertz CT molecular complexity index is 433. The first-order valence-electron chi connectivity index (χ1n) is 6.98. The highest BCUT2D eigenvalue weighted by Crippen LogP contribution is 2.31. The molecule has 1 N–H and O–H groups in total. The lowest BCUT2D eigenvalue weighted by molar-refractivity contribution is -0.130. The van der Waals surface area contributed by atoms with Crippen LogP contribution in [-0.2, 0) is 4.74 Å². The second-order valence-electron chi connectivity index (χ2n) is 6.21. The molecule has 1 saturated heterocycles. The monoisotopic (exact) mass is 263 g/mol. The van der Waals surface area contributed by atoms with Crippen LogP contribution in [0.5, 0.6) is 0 Å². The Morgan fingerprint density at radius 3 is 2.53 bits per heavy atom. The Morgan fingerprint density at radius 1 is 1.37 bits per heavy atom. The number of aryl methyl sites for hydroxylation is 1. The van der Waals surface area contributed by atoms with Gasteiger partial charge in [-0.1, -0.05) is 26.0 Å². The minimum absolute atomic E-state index is 0.0744. The molecule has 0 amide bonds. The van der Waals surface area contributed by atoms with Gasteiger partial charge in [-0.15, -0.1) is 0 Å². The van der Waals surface area contributed by atoms with Crippen LogP contribution in [0, 0.1) is 12.3 Å². The van der Waals surface area contributed by atoms with Crippen LogP contribution >= 0.6 is 0 Å². The van der Waals surface area contributed by atoms with Crippen molar-refractivity contribution in [1.82, 2.24) is 0 Å². The summed E-state index contributed by atoms with van der Waals surface area (Å²) in [6.45, 7) is 8.92. The summed E-state index contributed by atoms with van der Waals surface area (Å²) in [5, 5.41) is 9.54.